The van der Waals surface area contributed by atoms with Crippen molar-refractivity contribution in [2.45, 2.75) is 519 Å². The molecule has 6 aromatic rings. The Morgan fingerprint density at radius 3 is 0.540 bits per heavy atom. The van der Waals surface area contributed by atoms with E-state index in [1.54, 1.807) is 12.1 Å². The summed E-state index contributed by atoms with van der Waals surface area (Å²) in [5.41, 5.74) is 0.909. The fourth-order valence-electron chi connectivity index (χ4n) is 19.3. The highest BCUT2D eigenvalue weighted by Crippen LogP contribution is 2.53. The highest BCUT2D eigenvalue weighted by atomic mass is 16.6. The second kappa shape index (κ2) is 77.3. The molecule has 7 rings (SSSR count). The van der Waals surface area contributed by atoms with Gasteiger partial charge in [-0.1, -0.05) is 435 Å². The Labute approximate surface area is 847 Å². The monoisotopic (exact) mass is 1930 g/mol. The molecule has 139 heavy (non-hydrogen) atoms. The molecule has 15 heteroatoms. The van der Waals surface area contributed by atoms with Crippen molar-refractivity contribution in [3.63, 3.8) is 0 Å². The molecule has 0 saturated heterocycles. The van der Waals surface area contributed by atoms with Crippen molar-refractivity contribution in [3.8, 4) is 69.0 Å². The van der Waals surface area contributed by atoms with Crippen LogP contribution in [0.5, 0.6) is 69.0 Å². The van der Waals surface area contributed by atoms with Crippen LogP contribution in [0.25, 0.3) is 32.3 Å². The molecule has 0 unspecified atom stereocenters. The molecular weight excluding hydrogens is 1730 g/mol. The molecule has 0 amide bonds. The number of fused-ring (bicyclic) bond motifs is 8. The first-order chi connectivity index (χ1) is 68.6. The van der Waals surface area contributed by atoms with Gasteiger partial charge in [-0.25, -0.2) is 0 Å². The Hall–Kier alpha value is -7.29. The van der Waals surface area contributed by atoms with Crippen LogP contribution in [0, 0.1) is 0 Å². The third kappa shape index (κ3) is 45.7. The molecular formula is C124H200O15. The standard InChI is InChI=1S/C124H200O15/c1-11-21-31-41-57-69-81-128-108-92-100-101-93-109(129-82-70-58-42-32-22-12-2)111(131-84-72-60-44-34-24-14-4)95-103(101)105-97-113(112(132-85-73-61-45-35-25-15-5)96-104(105)102(100)94-110(108)130-83-71-59-43-33-23-13-3)139-116(125)80-68-56-54-52-51-53-55-67-79-91-138-124-118-107(99-115(134-87-75-63-47-37-27-17-7)122(124)136-89-77-65-49-39-29-19-9)119(126)117-106(120(118)127)98-114(133-86-74-62-46-36-26-16-6)121(135-88-76-64-48-38-28-18-8)123(117)137-90-78-66-50-40-30-20-10/h92-99H,11-91H2,1-10H3. The van der Waals surface area contributed by atoms with Crippen molar-refractivity contribution in [2.24, 2.45) is 0 Å². The summed E-state index contributed by atoms with van der Waals surface area (Å²) < 4.78 is 82.4. The minimum Gasteiger partial charge on any atom is -0.490 e. The molecule has 0 heterocycles. The van der Waals surface area contributed by atoms with Gasteiger partial charge in [-0.05, 0) is 158 Å². The van der Waals surface area contributed by atoms with Crippen molar-refractivity contribution in [2.75, 3.05) is 72.7 Å². The van der Waals surface area contributed by atoms with Gasteiger partial charge in [-0.3, -0.25) is 14.4 Å². The van der Waals surface area contributed by atoms with Crippen molar-refractivity contribution in [3.05, 3.63) is 70.8 Å². The van der Waals surface area contributed by atoms with Crippen LogP contribution in [-0.2, 0) is 4.79 Å². The number of unbranched alkanes of at least 4 members (excludes halogenated alkanes) is 58. The zero-order chi connectivity index (χ0) is 98.9. The van der Waals surface area contributed by atoms with Crippen LogP contribution in [-0.4, -0.2) is 90.2 Å². The van der Waals surface area contributed by atoms with E-state index in [0.717, 1.165) is 274 Å². The number of hydrogen-bond acceptors (Lipinski definition) is 15. The summed E-state index contributed by atoms with van der Waals surface area (Å²) in [4.78, 5) is 46.7. The van der Waals surface area contributed by atoms with Crippen LogP contribution in [0.3, 0.4) is 0 Å². The maximum absolute atomic E-state index is 16.1. The lowest BCUT2D eigenvalue weighted by atomic mass is 9.82. The van der Waals surface area contributed by atoms with Gasteiger partial charge in [0.1, 0.15) is 0 Å². The number of esters is 1. The normalized spacial score (nSPS) is 11.9. The summed E-state index contributed by atoms with van der Waals surface area (Å²) in [7, 11) is 0. The third-order valence-corrected chi connectivity index (χ3v) is 28.0. The van der Waals surface area contributed by atoms with Gasteiger partial charge < -0.3 is 56.8 Å². The third-order valence-electron chi connectivity index (χ3n) is 28.0. The Bertz CT molecular complexity index is 4160. The number of ether oxygens (including phenoxy) is 12. The molecule has 0 saturated carbocycles. The van der Waals surface area contributed by atoms with E-state index in [-0.39, 0.29) is 52.0 Å². The van der Waals surface area contributed by atoms with Crippen molar-refractivity contribution in [1.29, 1.82) is 0 Å². The van der Waals surface area contributed by atoms with Gasteiger partial charge in [-0.15, -0.1) is 0 Å². The highest BCUT2D eigenvalue weighted by molar-refractivity contribution is 6.31. The van der Waals surface area contributed by atoms with Crippen LogP contribution < -0.4 is 56.8 Å². The maximum Gasteiger partial charge on any atom is 0.311 e. The quantitative estimate of drug-likeness (QED) is 0.0153. The first kappa shape index (κ1) is 119. The first-order valence-corrected chi connectivity index (χ1v) is 58.7. The molecule has 6 aromatic carbocycles. The van der Waals surface area contributed by atoms with Crippen molar-refractivity contribution < 1.29 is 71.2 Å². The van der Waals surface area contributed by atoms with Crippen LogP contribution in [0.2, 0.25) is 0 Å². The summed E-state index contributed by atoms with van der Waals surface area (Å²) >= 11 is 0. The number of benzene rings is 6. The Kier molecular flexibility index (Phi) is 66.0. The Morgan fingerprint density at radius 2 is 0.331 bits per heavy atom. The molecule has 0 atom stereocenters. The summed E-state index contributed by atoms with van der Waals surface area (Å²) in [5, 5.41) is 6.00. The summed E-state index contributed by atoms with van der Waals surface area (Å²) in [6.07, 6.45) is 76.3. The number of rotatable bonds is 94. The Morgan fingerprint density at radius 1 is 0.173 bits per heavy atom. The van der Waals surface area contributed by atoms with E-state index in [0.29, 0.717) is 119 Å². The van der Waals surface area contributed by atoms with Gasteiger partial charge in [0, 0.05) is 17.5 Å². The van der Waals surface area contributed by atoms with Crippen LogP contribution in [0.4, 0.5) is 0 Å². The Balaban J connectivity index is 1.14. The zero-order valence-corrected chi connectivity index (χ0v) is 90.5. The molecule has 15 nitrogen and oxygen atoms in total. The molecule has 0 radical (unpaired) electrons. The fraction of sp³-hybridized carbons (Fsp3) is 0.734. The molecule has 1 aliphatic rings. The van der Waals surface area contributed by atoms with E-state index in [4.69, 9.17) is 56.8 Å². The zero-order valence-electron chi connectivity index (χ0n) is 90.5. The van der Waals surface area contributed by atoms with E-state index < -0.39 is 0 Å². The molecule has 0 aliphatic heterocycles. The number of carbonyl (C=O) groups excluding carboxylic acids is 3. The topological polar surface area (TPSA) is 162 Å². The summed E-state index contributed by atoms with van der Waals surface area (Å²) in [6.45, 7) is 27.9. The largest absolute Gasteiger partial charge is 0.490 e. The first-order valence-electron chi connectivity index (χ1n) is 58.7. The van der Waals surface area contributed by atoms with Crippen LogP contribution in [0.15, 0.2) is 48.5 Å². The van der Waals surface area contributed by atoms with Crippen molar-refractivity contribution in [1.82, 2.24) is 0 Å². The molecule has 1 aliphatic carbocycles. The average Bonchev–Trinajstić information content (AvgIpc) is 0.724. The van der Waals surface area contributed by atoms with Gasteiger partial charge in [0.15, 0.2) is 69.1 Å². The lowest BCUT2D eigenvalue weighted by molar-refractivity contribution is -0.134. The van der Waals surface area contributed by atoms with E-state index in [2.05, 4.69) is 106 Å². The predicted octanol–water partition coefficient (Wildman–Crippen LogP) is 38.2. The van der Waals surface area contributed by atoms with E-state index >= 15 is 9.59 Å². The maximum atomic E-state index is 16.1. The number of hydrogen-bond donors (Lipinski definition) is 0. The van der Waals surface area contributed by atoms with Crippen LogP contribution >= 0.6 is 0 Å². The molecule has 0 N–H and O–H groups in total. The second-order valence-corrected chi connectivity index (χ2v) is 40.5. The molecule has 0 fully saturated rings. The minimum atomic E-state index is -0.320. The van der Waals surface area contributed by atoms with Gasteiger partial charge in [0.25, 0.3) is 0 Å². The van der Waals surface area contributed by atoms with E-state index in [9.17, 15) is 4.79 Å². The molecule has 0 spiro atoms. The van der Waals surface area contributed by atoms with Crippen LogP contribution in [0.1, 0.15) is 551 Å². The van der Waals surface area contributed by atoms with Gasteiger partial charge in [0.05, 0.1) is 83.8 Å². The average molecular weight is 1930 g/mol. The summed E-state index contributed by atoms with van der Waals surface area (Å²) in [6, 6.07) is 16.6. The lowest BCUT2D eigenvalue weighted by Crippen LogP contribution is -2.25. The molecule has 786 valence electrons. The van der Waals surface area contributed by atoms with Gasteiger partial charge in [0.2, 0.25) is 11.5 Å². The second-order valence-electron chi connectivity index (χ2n) is 40.5. The highest BCUT2D eigenvalue weighted by Gasteiger charge is 2.41. The number of ketones is 2. The molecule has 0 bridgehead atoms. The van der Waals surface area contributed by atoms with Gasteiger partial charge in [-0.2, -0.15) is 0 Å². The van der Waals surface area contributed by atoms with E-state index in [1.807, 2.05) is 0 Å². The fourth-order valence-corrected chi connectivity index (χ4v) is 19.3. The number of carbonyl (C=O) groups is 3. The summed E-state index contributed by atoms with van der Waals surface area (Å²) in [5.74, 6) is 5.38. The minimum absolute atomic E-state index is 0.211. The lowest BCUT2D eigenvalue weighted by Gasteiger charge is -2.27. The smallest absolute Gasteiger partial charge is 0.311 e. The van der Waals surface area contributed by atoms with Crippen molar-refractivity contribution >= 4 is 49.9 Å². The van der Waals surface area contributed by atoms with Gasteiger partial charge >= 0.3 is 5.97 Å². The molecule has 0 aromatic heterocycles. The SMILES string of the molecule is CCCCCCCCOc1cc2c3cc(OCCCCCCCC)c(OCCCCCCCC)cc3c3cc(OC(=O)CCCCCCCCCCCOc4c(OCCCCCCCC)c(OCCCCCCCC)cc5c4C(=O)c4cc(OCCCCCCCC)c(OCCCCCCCC)c(OCCCCCCCC)c4C5=O)c(OCCCCCCCC)cc3c2cc1OCCCCCCCC. The van der Waals surface area contributed by atoms with E-state index in [1.165, 1.54) is 218 Å². The predicted molar refractivity (Wildman–Crippen MR) is 585 cm³/mol.